The normalized spacial score (nSPS) is 22.2. The van der Waals surface area contributed by atoms with Crippen molar-refractivity contribution in [2.75, 3.05) is 31.0 Å². The first-order valence-electron chi connectivity index (χ1n) is 20.2. The molecule has 3 amide bonds. The summed E-state index contributed by atoms with van der Waals surface area (Å²) < 4.78 is 18.0. The van der Waals surface area contributed by atoms with E-state index in [0.717, 1.165) is 33.7 Å². The summed E-state index contributed by atoms with van der Waals surface area (Å²) in [5.41, 5.74) is 4.39. The molecule has 0 aromatic heterocycles. The number of nitrogens with one attached hydrogen (secondary N) is 1. The zero-order valence-corrected chi connectivity index (χ0v) is 35.2. The molecular formula is C48H51N3O7Si. The van der Waals surface area contributed by atoms with E-state index in [9.17, 15) is 14.7 Å². The molecule has 3 aliphatic rings. The summed E-state index contributed by atoms with van der Waals surface area (Å²) in [5, 5.41) is 14.6. The Bertz CT molecular complexity index is 2350. The molecule has 5 aromatic carbocycles. The fourth-order valence-corrected chi connectivity index (χ4v) is 13.8. The second-order valence-electron chi connectivity index (χ2n) is 16.5. The number of carbonyl (C=O) groups excluding carboxylic acids is 3. The van der Waals surface area contributed by atoms with Crippen molar-refractivity contribution in [3.63, 3.8) is 0 Å². The first-order valence-corrected chi connectivity index (χ1v) is 23.3. The third-order valence-corrected chi connectivity index (χ3v) is 17.3. The van der Waals surface area contributed by atoms with Crippen LogP contribution in [0.25, 0.3) is 0 Å². The molecule has 5 aromatic rings. The Morgan fingerprint density at radius 1 is 0.847 bits per heavy atom. The van der Waals surface area contributed by atoms with E-state index in [1.165, 1.54) is 5.19 Å². The highest BCUT2D eigenvalue weighted by atomic mass is 28.3. The Morgan fingerprint density at radius 3 is 2.14 bits per heavy atom. The standard InChI is InChI=1S/C48H51N3O7Si/c1-31-45(59(4,5)40-24-22-39(57-3)23-25-40)43(27-44(53)50-29-35-11-7-6-10-34(35)26-37(50)30-52)58-48(31)41-12-8-9-13-42(41)51(47(48)55)28-32-14-18-36(19-15-32)49-46(54)33-16-20-38(56-2)21-17-33/h6-25,31,37,43,45,52H,26-30H2,1-5H3,(H,49,54)/t31-,37-,43+,45-,48+/m0/s1. The molecule has 2 N–H and O–H groups in total. The maximum Gasteiger partial charge on any atom is 0.264 e. The van der Waals surface area contributed by atoms with Crippen LogP contribution < -0.4 is 24.9 Å². The summed E-state index contributed by atoms with van der Waals surface area (Å²) in [5.74, 6) is 0.676. The van der Waals surface area contributed by atoms with Crippen LogP contribution in [0.1, 0.15) is 46.0 Å². The molecule has 0 bridgehead atoms. The van der Waals surface area contributed by atoms with Gasteiger partial charge in [0.2, 0.25) is 5.91 Å². The molecular weight excluding hydrogens is 759 g/mol. The van der Waals surface area contributed by atoms with E-state index in [1.54, 1.807) is 43.4 Å². The smallest absolute Gasteiger partial charge is 0.264 e. The number of para-hydroxylation sites is 1. The summed E-state index contributed by atoms with van der Waals surface area (Å²) in [4.78, 5) is 46.4. The lowest BCUT2D eigenvalue weighted by Crippen LogP contribution is -2.52. The molecule has 11 heteroatoms. The summed E-state index contributed by atoms with van der Waals surface area (Å²) in [6.07, 6.45) is 0.0981. The number of hydrogen-bond acceptors (Lipinski definition) is 7. The van der Waals surface area contributed by atoms with Crippen molar-refractivity contribution >= 4 is 42.4 Å². The second-order valence-corrected chi connectivity index (χ2v) is 21.2. The zero-order valence-electron chi connectivity index (χ0n) is 34.2. The number of nitrogens with zero attached hydrogens (tertiary/aromatic N) is 2. The van der Waals surface area contributed by atoms with E-state index in [2.05, 4.69) is 43.5 Å². The lowest BCUT2D eigenvalue weighted by atomic mass is 9.82. The van der Waals surface area contributed by atoms with Crippen molar-refractivity contribution in [2.24, 2.45) is 5.92 Å². The van der Waals surface area contributed by atoms with E-state index in [1.807, 2.05) is 83.8 Å². The van der Waals surface area contributed by atoms with Crippen LogP contribution in [-0.2, 0) is 39.4 Å². The SMILES string of the molecule is COc1ccc(C(=O)Nc2ccc(CN3C(=O)[C@]4(O[C@H](CC(=O)N5Cc6ccccc6C[C@H]5CO)[C@@H]([Si](C)(C)c5ccc(OC)cc5)[C@@H]4C)c4ccccc43)cc2)cc1. The minimum atomic E-state index is -2.51. The van der Waals surface area contributed by atoms with Gasteiger partial charge in [-0.25, -0.2) is 0 Å². The van der Waals surface area contributed by atoms with Gasteiger partial charge < -0.3 is 34.4 Å². The topological polar surface area (TPSA) is 118 Å². The number of aliphatic hydroxyl groups is 1. The van der Waals surface area contributed by atoms with Crippen LogP contribution in [-0.4, -0.2) is 68.8 Å². The average molecular weight is 810 g/mol. The van der Waals surface area contributed by atoms with Crippen LogP contribution in [0.2, 0.25) is 18.6 Å². The second kappa shape index (κ2) is 16.1. The molecule has 1 spiro atoms. The van der Waals surface area contributed by atoms with Gasteiger partial charge in [0, 0.05) is 29.3 Å². The van der Waals surface area contributed by atoms with Gasteiger partial charge in [0.1, 0.15) is 11.5 Å². The van der Waals surface area contributed by atoms with E-state index in [4.69, 9.17) is 14.2 Å². The van der Waals surface area contributed by atoms with Crippen LogP contribution in [0.3, 0.4) is 0 Å². The molecule has 3 heterocycles. The quantitative estimate of drug-likeness (QED) is 0.137. The number of ether oxygens (including phenoxy) is 3. The number of benzene rings is 5. The fraction of sp³-hybridized carbons (Fsp3) is 0.312. The van der Waals surface area contributed by atoms with Crippen molar-refractivity contribution in [3.05, 3.63) is 149 Å². The highest BCUT2D eigenvalue weighted by molar-refractivity contribution is 6.91. The number of methoxy groups -OCH3 is 2. The van der Waals surface area contributed by atoms with E-state index < -0.39 is 19.8 Å². The number of aliphatic hydroxyl groups excluding tert-OH is 1. The van der Waals surface area contributed by atoms with Gasteiger partial charge in [0.15, 0.2) is 5.60 Å². The predicted octanol–water partition coefficient (Wildman–Crippen LogP) is 7.05. The minimum Gasteiger partial charge on any atom is -0.497 e. The number of anilines is 2. The van der Waals surface area contributed by atoms with Crippen LogP contribution in [0.4, 0.5) is 11.4 Å². The van der Waals surface area contributed by atoms with Crippen LogP contribution in [0.5, 0.6) is 11.5 Å². The molecule has 1 fully saturated rings. The first kappa shape index (κ1) is 40.0. The number of fused-ring (bicyclic) bond motifs is 3. The van der Waals surface area contributed by atoms with E-state index >= 15 is 4.79 Å². The maximum atomic E-state index is 15.3. The molecule has 59 heavy (non-hydrogen) atoms. The Labute approximate surface area is 346 Å². The van der Waals surface area contributed by atoms with Crippen molar-refractivity contribution in [1.82, 2.24) is 4.90 Å². The van der Waals surface area contributed by atoms with Gasteiger partial charge in [-0.15, -0.1) is 0 Å². The van der Waals surface area contributed by atoms with Crippen LogP contribution in [0, 0.1) is 5.92 Å². The summed E-state index contributed by atoms with van der Waals surface area (Å²) in [6, 6.07) is 38.2. The maximum absolute atomic E-state index is 15.3. The Hall–Kier alpha value is -5.75. The van der Waals surface area contributed by atoms with E-state index in [-0.39, 0.29) is 48.3 Å². The lowest BCUT2D eigenvalue weighted by molar-refractivity contribution is -0.151. The molecule has 5 atom stereocenters. The van der Waals surface area contributed by atoms with Crippen molar-refractivity contribution in [2.45, 2.75) is 69.2 Å². The number of carbonyl (C=O) groups is 3. The number of rotatable bonds is 11. The van der Waals surface area contributed by atoms with Crippen LogP contribution >= 0.6 is 0 Å². The average Bonchev–Trinajstić information content (AvgIpc) is 3.69. The van der Waals surface area contributed by atoms with Gasteiger partial charge in [0.05, 0.1) is 59.7 Å². The molecule has 0 unspecified atom stereocenters. The van der Waals surface area contributed by atoms with E-state index in [0.29, 0.717) is 36.5 Å². The van der Waals surface area contributed by atoms with Crippen molar-refractivity contribution in [1.29, 1.82) is 0 Å². The first-order chi connectivity index (χ1) is 28.5. The van der Waals surface area contributed by atoms with Gasteiger partial charge >= 0.3 is 0 Å². The molecule has 8 rings (SSSR count). The number of amides is 3. The highest BCUT2D eigenvalue weighted by Gasteiger charge is 2.66. The molecule has 304 valence electrons. The third-order valence-electron chi connectivity index (χ3n) is 12.9. The minimum absolute atomic E-state index is 0.0845. The fourth-order valence-electron chi connectivity index (χ4n) is 9.78. The van der Waals surface area contributed by atoms with Gasteiger partial charge in [-0.05, 0) is 83.2 Å². The lowest BCUT2D eigenvalue weighted by Gasteiger charge is -2.39. The Morgan fingerprint density at radius 2 is 1.47 bits per heavy atom. The third kappa shape index (κ3) is 7.21. The van der Waals surface area contributed by atoms with Crippen LogP contribution in [0.15, 0.2) is 121 Å². The molecule has 0 aliphatic carbocycles. The molecule has 0 radical (unpaired) electrons. The predicted molar refractivity (Wildman–Crippen MR) is 231 cm³/mol. The monoisotopic (exact) mass is 809 g/mol. The largest absolute Gasteiger partial charge is 0.497 e. The summed E-state index contributed by atoms with van der Waals surface area (Å²) >= 11 is 0. The van der Waals surface area contributed by atoms with Gasteiger partial charge in [-0.1, -0.05) is 91.9 Å². The molecule has 0 saturated carbocycles. The number of hydrogen-bond donors (Lipinski definition) is 2. The van der Waals surface area contributed by atoms with Gasteiger partial charge in [-0.2, -0.15) is 0 Å². The van der Waals surface area contributed by atoms with Crippen molar-refractivity contribution in [3.8, 4) is 11.5 Å². The highest BCUT2D eigenvalue weighted by Crippen LogP contribution is 2.60. The Balaban J connectivity index is 1.10. The zero-order chi connectivity index (χ0) is 41.5. The summed E-state index contributed by atoms with van der Waals surface area (Å²) in [7, 11) is 0.725. The van der Waals surface area contributed by atoms with Gasteiger partial charge in [-0.3, -0.25) is 14.4 Å². The summed E-state index contributed by atoms with van der Waals surface area (Å²) in [6.45, 7) is 7.30. The molecule has 1 saturated heterocycles. The molecule has 10 nitrogen and oxygen atoms in total. The van der Waals surface area contributed by atoms with Crippen molar-refractivity contribution < 1.29 is 33.7 Å². The molecule has 3 aliphatic heterocycles. The Kier molecular flexibility index (Phi) is 10.9. The van der Waals surface area contributed by atoms with Gasteiger partial charge in [0.25, 0.3) is 11.8 Å².